The second kappa shape index (κ2) is 7.43. The highest BCUT2D eigenvalue weighted by Gasteiger charge is 2.15. The van der Waals surface area contributed by atoms with Crippen molar-refractivity contribution in [1.82, 2.24) is 14.8 Å². The molecule has 2 heterocycles. The van der Waals surface area contributed by atoms with Gasteiger partial charge < -0.3 is 4.74 Å². The highest BCUT2D eigenvalue weighted by Crippen LogP contribution is 2.27. The Bertz CT molecular complexity index is 732. The van der Waals surface area contributed by atoms with E-state index < -0.39 is 11.6 Å². The van der Waals surface area contributed by atoms with Crippen LogP contribution >= 0.6 is 11.3 Å². The van der Waals surface area contributed by atoms with E-state index in [0.29, 0.717) is 18.5 Å². The first-order valence-electron chi connectivity index (χ1n) is 7.14. The summed E-state index contributed by atoms with van der Waals surface area (Å²) in [5.41, 5.74) is 0.341. The van der Waals surface area contributed by atoms with Crippen LogP contribution in [0.25, 0.3) is 0 Å². The number of rotatable bonds is 7. The van der Waals surface area contributed by atoms with Crippen LogP contribution in [-0.2, 0) is 17.9 Å². The molecule has 0 N–H and O–H groups in total. The van der Waals surface area contributed by atoms with Gasteiger partial charge in [0, 0.05) is 23.1 Å². The lowest BCUT2D eigenvalue weighted by Gasteiger charge is -2.17. The Hall–Kier alpha value is -2.12. The van der Waals surface area contributed by atoms with Gasteiger partial charge in [0.15, 0.2) is 0 Å². The molecule has 1 atom stereocenters. The van der Waals surface area contributed by atoms with Gasteiger partial charge in [-0.15, -0.1) is 11.3 Å². The number of thiophene rings is 1. The van der Waals surface area contributed by atoms with Gasteiger partial charge in [-0.1, -0.05) is 12.1 Å². The van der Waals surface area contributed by atoms with Crippen LogP contribution < -0.4 is 0 Å². The van der Waals surface area contributed by atoms with Crippen LogP contribution in [0.3, 0.4) is 0 Å². The van der Waals surface area contributed by atoms with E-state index in [9.17, 15) is 8.78 Å². The highest BCUT2D eigenvalue weighted by atomic mass is 32.1. The number of aryl methyl sites for hydroxylation is 1. The number of hydrogen-bond donors (Lipinski definition) is 0. The fraction of sp³-hybridized carbons (Fsp3) is 0.250. The minimum absolute atomic E-state index is 0.0893. The lowest BCUT2D eigenvalue weighted by molar-refractivity contribution is 0.0312. The van der Waals surface area contributed by atoms with Gasteiger partial charge in [0.1, 0.15) is 24.3 Å². The fourth-order valence-corrected chi connectivity index (χ4v) is 3.02. The van der Waals surface area contributed by atoms with Crippen molar-refractivity contribution < 1.29 is 13.5 Å². The van der Waals surface area contributed by atoms with Crippen LogP contribution in [0.15, 0.2) is 48.4 Å². The second-order valence-corrected chi connectivity index (χ2v) is 5.98. The van der Waals surface area contributed by atoms with Crippen molar-refractivity contribution in [3.63, 3.8) is 0 Å². The first-order chi connectivity index (χ1) is 11.2. The third-order valence-electron chi connectivity index (χ3n) is 3.40. The third-order valence-corrected chi connectivity index (χ3v) is 4.37. The maximum absolute atomic E-state index is 13.7. The topological polar surface area (TPSA) is 39.9 Å². The van der Waals surface area contributed by atoms with E-state index in [1.807, 2.05) is 17.5 Å². The van der Waals surface area contributed by atoms with Crippen LogP contribution in [-0.4, -0.2) is 14.8 Å². The molecule has 23 heavy (non-hydrogen) atoms. The van der Waals surface area contributed by atoms with E-state index in [1.165, 1.54) is 18.5 Å². The molecule has 0 saturated heterocycles. The number of benzene rings is 1. The fourth-order valence-electron chi connectivity index (χ4n) is 2.21. The van der Waals surface area contributed by atoms with Gasteiger partial charge in [-0.2, -0.15) is 5.10 Å². The molecule has 7 heteroatoms. The molecule has 0 aliphatic heterocycles. The first kappa shape index (κ1) is 15.8. The van der Waals surface area contributed by atoms with E-state index in [2.05, 4.69) is 10.1 Å². The summed E-state index contributed by atoms with van der Waals surface area (Å²) >= 11 is 1.59. The van der Waals surface area contributed by atoms with Crippen LogP contribution in [0, 0.1) is 11.6 Å². The Labute approximate surface area is 136 Å². The zero-order valence-corrected chi connectivity index (χ0v) is 13.0. The second-order valence-electron chi connectivity index (χ2n) is 5.00. The SMILES string of the molecule is Fc1ccc(COC(CCn2cncn2)c2cccs2)c(F)c1. The number of halogens is 2. The summed E-state index contributed by atoms with van der Waals surface area (Å²) in [7, 11) is 0. The molecule has 0 aliphatic rings. The zero-order chi connectivity index (χ0) is 16.1. The summed E-state index contributed by atoms with van der Waals surface area (Å²) in [5.74, 6) is -1.18. The minimum atomic E-state index is -0.591. The van der Waals surface area contributed by atoms with E-state index in [1.54, 1.807) is 22.3 Å². The summed E-state index contributed by atoms with van der Waals surface area (Å²) < 4.78 is 34.3. The van der Waals surface area contributed by atoms with Crippen molar-refractivity contribution in [2.24, 2.45) is 0 Å². The molecule has 2 aromatic heterocycles. The van der Waals surface area contributed by atoms with Crippen molar-refractivity contribution >= 4 is 11.3 Å². The molecule has 3 aromatic rings. The monoisotopic (exact) mass is 335 g/mol. The Balaban J connectivity index is 1.66. The standard InChI is InChI=1S/C16H15F2N3OS/c17-13-4-3-12(14(18)8-13)9-22-15(16-2-1-7-23-16)5-6-21-11-19-10-20-21/h1-4,7-8,10-11,15H,5-6,9H2. The summed E-state index contributed by atoms with van der Waals surface area (Å²) in [4.78, 5) is 4.97. The maximum atomic E-state index is 13.7. The van der Waals surface area contributed by atoms with Gasteiger partial charge >= 0.3 is 0 Å². The molecule has 1 aromatic carbocycles. The van der Waals surface area contributed by atoms with Gasteiger partial charge in [0.05, 0.1) is 12.7 Å². The van der Waals surface area contributed by atoms with Crippen LogP contribution in [0.2, 0.25) is 0 Å². The van der Waals surface area contributed by atoms with Crippen molar-refractivity contribution in [3.8, 4) is 0 Å². The average molecular weight is 335 g/mol. The summed E-state index contributed by atoms with van der Waals surface area (Å²) in [6.45, 7) is 0.737. The number of aromatic nitrogens is 3. The Morgan fingerprint density at radius 2 is 2.17 bits per heavy atom. The molecule has 0 radical (unpaired) electrons. The molecule has 4 nitrogen and oxygen atoms in total. The Morgan fingerprint density at radius 3 is 2.87 bits per heavy atom. The number of nitrogens with zero attached hydrogens (tertiary/aromatic N) is 3. The van der Waals surface area contributed by atoms with E-state index in [-0.39, 0.29) is 12.7 Å². The Kier molecular flexibility index (Phi) is 5.09. The molecule has 1 unspecified atom stereocenters. The molecule has 0 bridgehead atoms. The average Bonchev–Trinajstić information content (AvgIpc) is 3.22. The van der Waals surface area contributed by atoms with Gasteiger partial charge in [-0.25, -0.2) is 13.8 Å². The molecular weight excluding hydrogens is 320 g/mol. The summed E-state index contributed by atoms with van der Waals surface area (Å²) in [6, 6.07) is 7.45. The molecule has 120 valence electrons. The lowest BCUT2D eigenvalue weighted by atomic mass is 10.2. The van der Waals surface area contributed by atoms with E-state index >= 15 is 0 Å². The quantitative estimate of drug-likeness (QED) is 0.656. The highest BCUT2D eigenvalue weighted by molar-refractivity contribution is 7.10. The molecule has 3 rings (SSSR count). The minimum Gasteiger partial charge on any atom is -0.368 e. The van der Waals surface area contributed by atoms with Gasteiger partial charge in [-0.05, 0) is 23.9 Å². The maximum Gasteiger partial charge on any atom is 0.137 e. The third kappa shape index (κ3) is 4.20. The predicted molar refractivity (Wildman–Crippen MR) is 82.8 cm³/mol. The number of ether oxygens (including phenoxy) is 1. The van der Waals surface area contributed by atoms with Crippen molar-refractivity contribution in [1.29, 1.82) is 0 Å². The molecule has 0 spiro atoms. The van der Waals surface area contributed by atoms with Gasteiger partial charge in [0.25, 0.3) is 0 Å². The van der Waals surface area contributed by atoms with Gasteiger partial charge in [-0.3, -0.25) is 4.68 Å². The molecular formula is C16H15F2N3OS. The predicted octanol–water partition coefficient (Wildman–Crippen LogP) is 3.97. The molecule has 0 amide bonds. The van der Waals surface area contributed by atoms with Gasteiger partial charge in [0.2, 0.25) is 0 Å². The van der Waals surface area contributed by atoms with Crippen LogP contribution in [0.5, 0.6) is 0 Å². The van der Waals surface area contributed by atoms with Crippen molar-refractivity contribution in [3.05, 3.63) is 70.4 Å². The summed E-state index contributed by atoms with van der Waals surface area (Å²) in [5, 5.41) is 6.04. The molecule has 0 fully saturated rings. The zero-order valence-electron chi connectivity index (χ0n) is 12.2. The largest absolute Gasteiger partial charge is 0.368 e. The van der Waals surface area contributed by atoms with E-state index in [0.717, 1.165) is 10.9 Å². The first-order valence-corrected chi connectivity index (χ1v) is 8.01. The summed E-state index contributed by atoms with van der Waals surface area (Å²) in [6.07, 6.45) is 3.64. The van der Waals surface area contributed by atoms with Crippen molar-refractivity contribution in [2.45, 2.75) is 25.7 Å². The Morgan fingerprint density at radius 1 is 1.26 bits per heavy atom. The lowest BCUT2D eigenvalue weighted by Crippen LogP contribution is -2.09. The van der Waals surface area contributed by atoms with Crippen LogP contribution in [0.4, 0.5) is 8.78 Å². The smallest absolute Gasteiger partial charge is 0.137 e. The van der Waals surface area contributed by atoms with Crippen molar-refractivity contribution in [2.75, 3.05) is 0 Å². The molecule has 0 saturated carbocycles. The van der Waals surface area contributed by atoms with Crippen LogP contribution in [0.1, 0.15) is 23.0 Å². The molecule has 0 aliphatic carbocycles. The van der Waals surface area contributed by atoms with E-state index in [4.69, 9.17) is 4.74 Å². The normalized spacial score (nSPS) is 12.4. The number of hydrogen-bond acceptors (Lipinski definition) is 4.